The van der Waals surface area contributed by atoms with Gasteiger partial charge in [0.2, 0.25) is 23.6 Å². The fourth-order valence-electron chi connectivity index (χ4n) is 4.45. The molecule has 0 radical (unpaired) electrons. The highest BCUT2D eigenvalue weighted by atomic mass is 16.4. The maximum absolute atomic E-state index is 13.6. The number of nitrogens with zero attached hydrogens (tertiary/aromatic N) is 1. The Bertz CT molecular complexity index is 878. The molecule has 14 heteroatoms. The van der Waals surface area contributed by atoms with Crippen molar-refractivity contribution in [2.24, 2.45) is 23.3 Å². The summed E-state index contributed by atoms with van der Waals surface area (Å²) in [6.45, 7) is 12.0. The maximum Gasteiger partial charge on any atom is 0.300 e. The summed E-state index contributed by atoms with van der Waals surface area (Å²) in [4.78, 5) is 62.7. The molecule has 0 aromatic rings. The first kappa shape index (κ1) is 37.6. The molecule has 0 bridgehead atoms. The van der Waals surface area contributed by atoms with Gasteiger partial charge in [0, 0.05) is 26.6 Å². The Labute approximate surface area is 243 Å². The monoisotopic (exact) mass is 584 g/mol. The highest BCUT2D eigenvalue weighted by Crippen LogP contribution is 2.20. The van der Waals surface area contributed by atoms with Crippen molar-refractivity contribution in [1.82, 2.24) is 26.2 Å². The van der Waals surface area contributed by atoms with E-state index in [-0.39, 0.29) is 36.0 Å². The summed E-state index contributed by atoms with van der Waals surface area (Å²) in [6.07, 6.45) is 2.85. The fraction of sp³-hybridized carbons (Fsp3) is 0.778. The van der Waals surface area contributed by atoms with E-state index in [1.165, 1.54) is 4.90 Å². The number of likely N-dealkylation sites (N-methyl/N-ethyl adjacent to an activating group) is 1. The van der Waals surface area contributed by atoms with Crippen LogP contribution in [0.4, 0.5) is 0 Å². The van der Waals surface area contributed by atoms with Crippen LogP contribution in [0.1, 0.15) is 80.1 Å². The van der Waals surface area contributed by atoms with Crippen molar-refractivity contribution in [2.45, 2.75) is 104 Å². The number of likely N-dealkylation sites (tertiary alicyclic amines) is 1. The predicted octanol–water partition coefficient (Wildman–Crippen LogP) is -0.143. The van der Waals surface area contributed by atoms with E-state index in [0.29, 0.717) is 51.7 Å². The van der Waals surface area contributed by atoms with Gasteiger partial charge in [-0.25, -0.2) is 0 Å². The summed E-state index contributed by atoms with van der Waals surface area (Å²) in [5.41, 5.74) is 11.4. The molecule has 1 fully saturated rings. The number of nitrogens with two attached hydrogens (primary N) is 2. The Balaban J connectivity index is 0.00000373. The van der Waals surface area contributed by atoms with Crippen molar-refractivity contribution in [2.75, 3.05) is 19.6 Å². The van der Waals surface area contributed by atoms with Gasteiger partial charge >= 0.3 is 0 Å². The molecule has 4 atom stereocenters. The van der Waals surface area contributed by atoms with Crippen LogP contribution in [0.5, 0.6) is 0 Å². The van der Waals surface area contributed by atoms with Gasteiger partial charge in [-0.05, 0) is 57.3 Å². The van der Waals surface area contributed by atoms with Gasteiger partial charge in [0.15, 0.2) is 5.96 Å². The summed E-state index contributed by atoms with van der Waals surface area (Å²) in [5, 5.41) is 25.8. The molecule has 1 saturated heterocycles. The second-order valence-corrected chi connectivity index (χ2v) is 11.1. The third-order valence-electron chi connectivity index (χ3n) is 6.19. The lowest BCUT2D eigenvalue weighted by Gasteiger charge is -2.30. The lowest BCUT2D eigenvalue weighted by atomic mass is 10.00. The molecule has 1 aliphatic rings. The smallest absolute Gasteiger partial charge is 0.300 e. The molecule has 1 rings (SSSR count). The van der Waals surface area contributed by atoms with Crippen molar-refractivity contribution in [3.63, 3.8) is 0 Å². The Morgan fingerprint density at radius 3 is 2.05 bits per heavy atom. The molecule has 4 amide bonds. The number of carboxylic acids is 1. The topological polar surface area (TPSA) is 233 Å². The number of amides is 4. The number of guanidine groups is 1. The lowest BCUT2D eigenvalue weighted by molar-refractivity contribution is -0.142. The molecule has 0 saturated carbocycles. The van der Waals surface area contributed by atoms with E-state index in [4.69, 9.17) is 26.8 Å². The number of rotatable bonds is 15. The molecule has 0 aliphatic carbocycles. The summed E-state index contributed by atoms with van der Waals surface area (Å²) in [6, 6.07) is -3.07. The minimum absolute atomic E-state index is 0.104. The summed E-state index contributed by atoms with van der Waals surface area (Å²) in [7, 11) is 0. The number of carboxylic acid groups (broad SMARTS) is 1. The molecule has 0 spiro atoms. The van der Waals surface area contributed by atoms with Gasteiger partial charge < -0.3 is 42.7 Å². The molecular formula is C27H52N8O6. The molecule has 0 aromatic heterocycles. The zero-order valence-electron chi connectivity index (χ0n) is 25.4. The van der Waals surface area contributed by atoms with E-state index in [9.17, 15) is 19.2 Å². The van der Waals surface area contributed by atoms with Crippen LogP contribution in [-0.4, -0.2) is 89.4 Å². The van der Waals surface area contributed by atoms with Gasteiger partial charge in [-0.3, -0.25) is 29.4 Å². The first-order valence-electron chi connectivity index (χ1n) is 14.3. The van der Waals surface area contributed by atoms with Crippen LogP contribution < -0.4 is 32.7 Å². The van der Waals surface area contributed by atoms with Crippen molar-refractivity contribution in [1.29, 1.82) is 5.41 Å². The summed E-state index contributed by atoms with van der Waals surface area (Å²) < 4.78 is 0. The normalized spacial score (nSPS) is 16.6. The second-order valence-electron chi connectivity index (χ2n) is 11.1. The molecule has 14 nitrogen and oxygen atoms in total. The fourth-order valence-corrected chi connectivity index (χ4v) is 4.45. The van der Waals surface area contributed by atoms with Crippen LogP contribution in [-0.2, 0) is 24.0 Å². The van der Waals surface area contributed by atoms with Gasteiger partial charge in [-0.15, -0.1) is 0 Å². The van der Waals surface area contributed by atoms with Gasteiger partial charge in [0.25, 0.3) is 5.97 Å². The van der Waals surface area contributed by atoms with E-state index in [1.54, 1.807) is 0 Å². The van der Waals surface area contributed by atoms with Crippen molar-refractivity contribution in [3.8, 4) is 0 Å². The average molecular weight is 585 g/mol. The van der Waals surface area contributed by atoms with Gasteiger partial charge in [0.05, 0.1) is 6.04 Å². The molecule has 0 unspecified atom stereocenters. The van der Waals surface area contributed by atoms with E-state index in [0.717, 1.165) is 6.92 Å². The number of hydrogen-bond acceptors (Lipinski definition) is 7. The lowest BCUT2D eigenvalue weighted by Crippen LogP contribution is -2.58. The van der Waals surface area contributed by atoms with Crippen LogP contribution in [0, 0.1) is 17.2 Å². The first-order chi connectivity index (χ1) is 19.1. The highest BCUT2D eigenvalue weighted by molar-refractivity contribution is 5.95. The maximum atomic E-state index is 13.6. The number of aliphatic carboxylic acids is 1. The van der Waals surface area contributed by atoms with Crippen LogP contribution in [0.15, 0.2) is 0 Å². The largest absolute Gasteiger partial charge is 0.481 e. The summed E-state index contributed by atoms with van der Waals surface area (Å²) >= 11 is 0. The molecule has 1 heterocycles. The Morgan fingerprint density at radius 2 is 1.54 bits per heavy atom. The second kappa shape index (κ2) is 19.6. The van der Waals surface area contributed by atoms with Crippen LogP contribution in [0.2, 0.25) is 0 Å². The van der Waals surface area contributed by atoms with E-state index >= 15 is 0 Å². The molecule has 236 valence electrons. The molecule has 0 aromatic carbocycles. The first-order valence-corrected chi connectivity index (χ1v) is 14.3. The quantitative estimate of drug-likeness (QED) is 0.0725. The SMILES string of the molecule is CC(=O)O.CCNC(=O)[C@@H]1CCCN1C(=O)[C@H](CCCNC(=N)N)NC(=O)[C@H](CC(C)C)NC(=O)[C@H](N)CC(C)C. The minimum atomic E-state index is -0.896. The minimum Gasteiger partial charge on any atom is -0.481 e. The van der Waals surface area contributed by atoms with Crippen molar-refractivity contribution >= 4 is 35.6 Å². The van der Waals surface area contributed by atoms with Crippen LogP contribution in [0.25, 0.3) is 0 Å². The zero-order chi connectivity index (χ0) is 31.7. The Morgan fingerprint density at radius 1 is 0.976 bits per heavy atom. The van der Waals surface area contributed by atoms with Gasteiger partial charge in [0.1, 0.15) is 18.1 Å². The third kappa shape index (κ3) is 15.8. The standard InChI is InChI=1S/C25H48N8O4.C2H4O2/c1-6-29-23(36)20-10-8-12-33(20)24(37)18(9-7-11-30-25(27)28)31-22(35)19(14-16(4)5)32-21(34)17(26)13-15(2)3;1-2(3)4/h15-20H,6-14,26H2,1-5H3,(H,29,36)(H,31,35)(H,32,34)(H4,27,28,30);1H3,(H,3,4)/t17-,18+,19+,20+;/m1./s1. The van der Waals surface area contributed by atoms with Gasteiger partial charge in [-0.2, -0.15) is 0 Å². The number of nitrogens with one attached hydrogen (secondary N) is 5. The molecule has 10 N–H and O–H groups in total. The third-order valence-corrected chi connectivity index (χ3v) is 6.19. The van der Waals surface area contributed by atoms with Crippen LogP contribution in [0.3, 0.4) is 0 Å². The highest BCUT2D eigenvalue weighted by Gasteiger charge is 2.38. The van der Waals surface area contributed by atoms with Crippen molar-refractivity contribution in [3.05, 3.63) is 0 Å². The number of carbonyl (C=O) groups excluding carboxylic acids is 4. The van der Waals surface area contributed by atoms with E-state index < -0.39 is 42.0 Å². The summed E-state index contributed by atoms with van der Waals surface area (Å²) in [5.74, 6) is -2.10. The van der Waals surface area contributed by atoms with Gasteiger partial charge in [-0.1, -0.05) is 27.7 Å². The van der Waals surface area contributed by atoms with Crippen LogP contribution >= 0.6 is 0 Å². The van der Waals surface area contributed by atoms with E-state index in [1.807, 2.05) is 34.6 Å². The average Bonchev–Trinajstić information content (AvgIpc) is 3.34. The molecule has 41 heavy (non-hydrogen) atoms. The molecule has 1 aliphatic heterocycles. The number of carbonyl (C=O) groups is 5. The van der Waals surface area contributed by atoms with Crippen molar-refractivity contribution < 1.29 is 29.1 Å². The zero-order valence-corrected chi connectivity index (χ0v) is 25.4. The Kier molecular flexibility index (Phi) is 18.0. The Hall–Kier alpha value is -3.42. The molecular weight excluding hydrogens is 532 g/mol. The van der Waals surface area contributed by atoms with E-state index in [2.05, 4.69) is 21.3 Å². The number of hydrogen-bond donors (Lipinski definition) is 8. The predicted molar refractivity (Wildman–Crippen MR) is 157 cm³/mol.